The van der Waals surface area contributed by atoms with Gasteiger partial charge in [0.2, 0.25) is 0 Å². The second-order valence-electron chi connectivity index (χ2n) is 3.16. The van der Waals surface area contributed by atoms with Crippen molar-refractivity contribution in [2.45, 2.75) is 32.9 Å². The summed E-state index contributed by atoms with van der Waals surface area (Å²) >= 11 is 0. The molecule has 1 unspecified atom stereocenters. The van der Waals surface area contributed by atoms with Gasteiger partial charge in [-0.25, -0.2) is 0 Å². The molecule has 0 spiro atoms. The molecule has 0 aliphatic rings. The van der Waals surface area contributed by atoms with E-state index in [0.717, 1.165) is 0 Å². The van der Waals surface area contributed by atoms with Crippen LogP contribution >= 0.6 is 0 Å². The number of hydrogen-bond acceptors (Lipinski definition) is 1. The van der Waals surface area contributed by atoms with E-state index in [2.05, 4.69) is 0 Å². The second-order valence-corrected chi connectivity index (χ2v) is 3.16. The molecule has 0 radical (unpaired) electrons. The van der Waals surface area contributed by atoms with Gasteiger partial charge in [0, 0.05) is 0 Å². The van der Waals surface area contributed by atoms with Gasteiger partial charge >= 0.3 is 6.18 Å². The van der Waals surface area contributed by atoms with Gasteiger partial charge in [-0.1, -0.05) is 13.8 Å². The van der Waals surface area contributed by atoms with Gasteiger partial charge in [-0.2, -0.15) is 13.2 Å². The maximum Gasteiger partial charge on any atom is 0.389 e. The summed E-state index contributed by atoms with van der Waals surface area (Å²) in [7, 11) is 0. The Morgan fingerprint density at radius 1 is 1.27 bits per heavy atom. The molecule has 68 valence electrons. The molecule has 0 aromatic heterocycles. The Morgan fingerprint density at radius 3 is 1.82 bits per heavy atom. The fourth-order valence-electron chi connectivity index (χ4n) is 0.825. The molecule has 0 fully saturated rings. The maximum absolute atomic E-state index is 11.9. The molecule has 0 aromatic carbocycles. The molecule has 0 amide bonds. The first kappa shape index (κ1) is 10.8. The van der Waals surface area contributed by atoms with Crippen molar-refractivity contribution in [2.24, 2.45) is 11.1 Å². The number of rotatable bonds is 3. The van der Waals surface area contributed by atoms with Crippen molar-refractivity contribution in [2.75, 3.05) is 6.54 Å². The van der Waals surface area contributed by atoms with Crippen LogP contribution in [0.25, 0.3) is 0 Å². The third kappa shape index (κ3) is 4.24. The number of nitrogens with two attached hydrogens (primary N) is 1. The predicted molar refractivity (Wildman–Crippen MR) is 38.1 cm³/mol. The van der Waals surface area contributed by atoms with Gasteiger partial charge < -0.3 is 5.73 Å². The lowest BCUT2D eigenvalue weighted by atomic mass is 9.84. The zero-order valence-electron chi connectivity index (χ0n) is 6.83. The van der Waals surface area contributed by atoms with Crippen LogP contribution in [0.1, 0.15) is 26.7 Å². The van der Waals surface area contributed by atoms with E-state index in [1.165, 1.54) is 0 Å². The highest BCUT2D eigenvalue weighted by molar-refractivity contribution is 4.76. The minimum Gasteiger partial charge on any atom is -0.330 e. The largest absolute Gasteiger partial charge is 0.389 e. The SMILES string of the molecule is CCC(C)(CN)CC(F)(F)F. The van der Waals surface area contributed by atoms with Gasteiger partial charge in [0.05, 0.1) is 6.42 Å². The zero-order valence-corrected chi connectivity index (χ0v) is 6.83. The molecular weight excluding hydrogens is 155 g/mol. The Balaban J connectivity index is 4.08. The summed E-state index contributed by atoms with van der Waals surface area (Å²) in [5.41, 5.74) is 4.45. The molecule has 4 heteroatoms. The number of halogens is 3. The summed E-state index contributed by atoms with van der Waals surface area (Å²) < 4.78 is 35.6. The Morgan fingerprint density at radius 2 is 1.73 bits per heavy atom. The maximum atomic E-state index is 11.9. The molecule has 0 aliphatic heterocycles. The van der Waals surface area contributed by atoms with Crippen LogP contribution in [-0.4, -0.2) is 12.7 Å². The lowest BCUT2D eigenvalue weighted by Crippen LogP contribution is -2.32. The van der Waals surface area contributed by atoms with Crippen LogP contribution in [0, 0.1) is 5.41 Å². The molecule has 11 heavy (non-hydrogen) atoms. The highest BCUT2D eigenvalue weighted by Gasteiger charge is 2.37. The normalized spacial score (nSPS) is 18.0. The van der Waals surface area contributed by atoms with Crippen LogP contribution in [0.5, 0.6) is 0 Å². The van der Waals surface area contributed by atoms with Crippen molar-refractivity contribution >= 4 is 0 Å². The van der Waals surface area contributed by atoms with E-state index >= 15 is 0 Å². The summed E-state index contributed by atoms with van der Waals surface area (Å²) in [4.78, 5) is 0. The first-order valence-corrected chi connectivity index (χ1v) is 3.60. The Labute approximate surface area is 64.8 Å². The summed E-state index contributed by atoms with van der Waals surface area (Å²) in [6.45, 7) is 3.36. The van der Waals surface area contributed by atoms with E-state index in [9.17, 15) is 13.2 Å². The van der Waals surface area contributed by atoms with Crippen molar-refractivity contribution in [1.29, 1.82) is 0 Å². The fourth-order valence-corrected chi connectivity index (χ4v) is 0.825. The monoisotopic (exact) mass is 169 g/mol. The van der Waals surface area contributed by atoms with Gasteiger partial charge in [-0.15, -0.1) is 0 Å². The number of alkyl halides is 3. The Hall–Kier alpha value is -0.250. The molecular formula is C7H14F3N. The van der Waals surface area contributed by atoms with Crippen molar-refractivity contribution in [1.82, 2.24) is 0 Å². The van der Waals surface area contributed by atoms with Crippen LogP contribution in [0.15, 0.2) is 0 Å². The molecule has 0 aromatic rings. The van der Waals surface area contributed by atoms with Gasteiger partial charge in [0.15, 0.2) is 0 Å². The average Bonchev–Trinajstić information content (AvgIpc) is 1.84. The minimum absolute atomic E-state index is 0.0863. The molecule has 0 bridgehead atoms. The first-order valence-electron chi connectivity index (χ1n) is 3.60. The lowest BCUT2D eigenvalue weighted by molar-refractivity contribution is -0.155. The lowest BCUT2D eigenvalue weighted by Gasteiger charge is -2.27. The average molecular weight is 169 g/mol. The molecule has 1 atom stereocenters. The van der Waals surface area contributed by atoms with Crippen molar-refractivity contribution < 1.29 is 13.2 Å². The quantitative estimate of drug-likeness (QED) is 0.689. The van der Waals surface area contributed by atoms with Crippen molar-refractivity contribution in [3.05, 3.63) is 0 Å². The van der Waals surface area contributed by atoms with E-state index in [0.29, 0.717) is 6.42 Å². The zero-order chi connectivity index (χ0) is 9.12. The van der Waals surface area contributed by atoms with E-state index < -0.39 is 18.0 Å². The molecule has 2 N–H and O–H groups in total. The van der Waals surface area contributed by atoms with Crippen LogP contribution in [0.4, 0.5) is 13.2 Å². The van der Waals surface area contributed by atoms with Gasteiger partial charge in [0.1, 0.15) is 0 Å². The summed E-state index contributed by atoms with van der Waals surface area (Å²) in [5.74, 6) is 0. The highest BCUT2D eigenvalue weighted by Crippen LogP contribution is 2.34. The standard InChI is InChI=1S/C7H14F3N/c1-3-6(2,5-11)4-7(8,9)10/h3-5,11H2,1-2H3. The highest BCUT2D eigenvalue weighted by atomic mass is 19.4. The summed E-state index contributed by atoms with van der Waals surface area (Å²) in [6.07, 6.45) is -4.42. The summed E-state index contributed by atoms with van der Waals surface area (Å²) in [6, 6.07) is 0. The topological polar surface area (TPSA) is 26.0 Å². The van der Waals surface area contributed by atoms with Crippen LogP contribution in [0.2, 0.25) is 0 Å². The van der Waals surface area contributed by atoms with Gasteiger partial charge in [-0.3, -0.25) is 0 Å². The van der Waals surface area contributed by atoms with Crippen LogP contribution < -0.4 is 5.73 Å². The smallest absolute Gasteiger partial charge is 0.330 e. The van der Waals surface area contributed by atoms with Crippen LogP contribution in [-0.2, 0) is 0 Å². The van der Waals surface area contributed by atoms with E-state index in [1.54, 1.807) is 13.8 Å². The molecule has 0 saturated carbocycles. The molecule has 0 rings (SSSR count). The van der Waals surface area contributed by atoms with Crippen molar-refractivity contribution in [3.63, 3.8) is 0 Å². The van der Waals surface area contributed by atoms with Gasteiger partial charge in [-0.05, 0) is 18.4 Å². The van der Waals surface area contributed by atoms with Crippen molar-refractivity contribution in [3.8, 4) is 0 Å². The predicted octanol–water partition coefficient (Wildman–Crippen LogP) is 2.31. The molecule has 0 heterocycles. The summed E-state index contributed by atoms with van der Waals surface area (Å²) in [5, 5.41) is 0. The third-order valence-electron chi connectivity index (χ3n) is 1.97. The molecule has 0 aliphatic carbocycles. The Kier molecular flexibility index (Phi) is 3.35. The van der Waals surface area contributed by atoms with E-state index in [-0.39, 0.29) is 6.54 Å². The third-order valence-corrected chi connectivity index (χ3v) is 1.97. The fraction of sp³-hybridized carbons (Fsp3) is 1.00. The first-order chi connectivity index (χ1) is 4.83. The second kappa shape index (κ2) is 3.43. The Bertz CT molecular complexity index is 115. The number of hydrogen-bond donors (Lipinski definition) is 1. The van der Waals surface area contributed by atoms with E-state index in [1.807, 2.05) is 0 Å². The van der Waals surface area contributed by atoms with Crippen LogP contribution in [0.3, 0.4) is 0 Å². The molecule has 0 saturated heterocycles. The van der Waals surface area contributed by atoms with E-state index in [4.69, 9.17) is 5.73 Å². The van der Waals surface area contributed by atoms with Gasteiger partial charge in [0.25, 0.3) is 0 Å². The minimum atomic E-state index is -4.09. The molecule has 1 nitrogen and oxygen atoms in total.